The van der Waals surface area contributed by atoms with Gasteiger partial charge in [0, 0.05) is 10.2 Å². The number of halogens is 1. The quantitative estimate of drug-likeness (QED) is 0.698. The monoisotopic (exact) mass is 416 g/mol. The molecule has 4 nitrogen and oxygen atoms in total. The molecule has 0 radical (unpaired) electrons. The zero-order valence-corrected chi connectivity index (χ0v) is 16.3. The fourth-order valence-electron chi connectivity index (χ4n) is 2.41. The van der Waals surface area contributed by atoms with E-state index in [1.807, 2.05) is 56.3 Å². The Hall–Kier alpha value is -2.05. The van der Waals surface area contributed by atoms with E-state index in [4.69, 9.17) is 0 Å². The molecular formula is C19H17BrN2O2S. The van der Waals surface area contributed by atoms with E-state index >= 15 is 0 Å². The SMILES string of the molecule is Cc1ccc(NCN2C(=O)SC(=Cc3cccc(Br)c3)C2=O)cc1C. The van der Waals surface area contributed by atoms with E-state index in [0.29, 0.717) is 4.91 Å². The Morgan fingerprint density at radius 1 is 1.12 bits per heavy atom. The number of benzene rings is 2. The van der Waals surface area contributed by atoms with Crippen LogP contribution < -0.4 is 5.32 Å². The number of aryl methyl sites for hydroxylation is 2. The zero-order chi connectivity index (χ0) is 18.0. The van der Waals surface area contributed by atoms with Crippen LogP contribution in [0.3, 0.4) is 0 Å². The fourth-order valence-corrected chi connectivity index (χ4v) is 3.66. The highest BCUT2D eigenvalue weighted by Gasteiger charge is 2.34. The van der Waals surface area contributed by atoms with Crippen LogP contribution in [-0.2, 0) is 4.79 Å². The van der Waals surface area contributed by atoms with Gasteiger partial charge in [0.25, 0.3) is 11.1 Å². The summed E-state index contributed by atoms with van der Waals surface area (Å²) in [4.78, 5) is 26.3. The van der Waals surface area contributed by atoms with Crippen LogP contribution in [-0.4, -0.2) is 22.7 Å². The molecule has 1 aliphatic heterocycles. The molecule has 1 heterocycles. The Morgan fingerprint density at radius 2 is 1.92 bits per heavy atom. The van der Waals surface area contributed by atoms with E-state index in [2.05, 4.69) is 21.2 Å². The number of anilines is 1. The lowest BCUT2D eigenvalue weighted by molar-refractivity contribution is -0.122. The minimum absolute atomic E-state index is 0.156. The van der Waals surface area contributed by atoms with Gasteiger partial charge in [-0.05, 0) is 72.6 Å². The van der Waals surface area contributed by atoms with Crippen LogP contribution in [0.2, 0.25) is 0 Å². The second-order valence-corrected chi connectivity index (χ2v) is 7.71. The molecule has 3 rings (SSSR count). The molecule has 25 heavy (non-hydrogen) atoms. The number of nitrogens with zero attached hydrogens (tertiary/aromatic N) is 1. The van der Waals surface area contributed by atoms with E-state index in [1.165, 1.54) is 10.5 Å². The summed E-state index contributed by atoms with van der Waals surface area (Å²) in [6.07, 6.45) is 1.74. The van der Waals surface area contributed by atoms with Crippen molar-refractivity contribution < 1.29 is 9.59 Å². The van der Waals surface area contributed by atoms with Gasteiger partial charge in [-0.2, -0.15) is 0 Å². The molecule has 0 aliphatic carbocycles. The number of hydrogen-bond donors (Lipinski definition) is 1. The third-order valence-corrected chi connectivity index (χ3v) is 5.37. The highest BCUT2D eigenvalue weighted by Crippen LogP contribution is 2.32. The van der Waals surface area contributed by atoms with E-state index in [0.717, 1.165) is 33.0 Å². The van der Waals surface area contributed by atoms with Crippen LogP contribution >= 0.6 is 27.7 Å². The molecule has 0 spiro atoms. The molecule has 1 saturated heterocycles. The van der Waals surface area contributed by atoms with Crippen LogP contribution in [0.5, 0.6) is 0 Å². The van der Waals surface area contributed by atoms with Crippen molar-refractivity contribution in [3.05, 3.63) is 68.5 Å². The third-order valence-electron chi connectivity index (χ3n) is 3.97. The molecule has 1 N–H and O–H groups in total. The molecular weight excluding hydrogens is 400 g/mol. The predicted molar refractivity (Wildman–Crippen MR) is 106 cm³/mol. The molecule has 0 atom stereocenters. The maximum absolute atomic E-state index is 12.5. The summed E-state index contributed by atoms with van der Waals surface area (Å²) in [5.41, 5.74) is 4.13. The first-order valence-electron chi connectivity index (χ1n) is 7.76. The largest absolute Gasteiger partial charge is 0.367 e. The van der Waals surface area contributed by atoms with Gasteiger partial charge in [-0.3, -0.25) is 14.5 Å². The standard InChI is InChI=1S/C19H17BrN2O2S/c1-12-6-7-16(8-13(12)2)21-11-22-18(23)17(25-19(22)24)10-14-4-3-5-15(20)9-14/h3-10,21H,11H2,1-2H3. The molecule has 2 amide bonds. The number of rotatable bonds is 4. The number of nitrogens with one attached hydrogen (secondary N) is 1. The van der Waals surface area contributed by atoms with Gasteiger partial charge in [0.05, 0.1) is 11.6 Å². The van der Waals surface area contributed by atoms with Gasteiger partial charge < -0.3 is 5.32 Å². The molecule has 128 valence electrons. The van der Waals surface area contributed by atoms with Gasteiger partial charge in [-0.15, -0.1) is 0 Å². The second-order valence-electron chi connectivity index (χ2n) is 5.80. The lowest BCUT2D eigenvalue weighted by Gasteiger charge is -2.15. The Labute approximate surface area is 159 Å². The second kappa shape index (κ2) is 7.45. The highest BCUT2D eigenvalue weighted by atomic mass is 79.9. The summed E-state index contributed by atoms with van der Waals surface area (Å²) < 4.78 is 0.928. The number of imide groups is 1. The minimum atomic E-state index is -0.272. The summed E-state index contributed by atoms with van der Waals surface area (Å²) in [6.45, 7) is 4.23. The average Bonchev–Trinajstić information content (AvgIpc) is 2.82. The van der Waals surface area contributed by atoms with Gasteiger partial charge in [0.2, 0.25) is 0 Å². The summed E-state index contributed by atoms with van der Waals surface area (Å²) in [5, 5.41) is 2.88. The van der Waals surface area contributed by atoms with Crippen LogP contribution in [0.4, 0.5) is 10.5 Å². The maximum Gasteiger partial charge on any atom is 0.295 e. The molecule has 1 aliphatic rings. The van der Waals surface area contributed by atoms with Crippen molar-refractivity contribution in [3.63, 3.8) is 0 Å². The van der Waals surface area contributed by atoms with Crippen LogP contribution in [0.15, 0.2) is 51.8 Å². The number of thioether (sulfide) groups is 1. The Balaban J connectivity index is 1.72. The average molecular weight is 417 g/mol. The third kappa shape index (κ3) is 4.14. The van der Waals surface area contributed by atoms with Crippen molar-refractivity contribution in [2.24, 2.45) is 0 Å². The van der Waals surface area contributed by atoms with Crippen molar-refractivity contribution in [2.75, 3.05) is 12.0 Å². The van der Waals surface area contributed by atoms with Crippen molar-refractivity contribution in [3.8, 4) is 0 Å². The van der Waals surface area contributed by atoms with Gasteiger partial charge in [-0.1, -0.05) is 34.1 Å². The van der Waals surface area contributed by atoms with Gasteiger partial charge >= 0.3 is 0 Å². The number of carbonyl (C=O) groups excluding carboxylic acids is 2. The molecule has 0 saturated carbocycles. The van der Waals surface area contributed by atoms with Crippen LogP contribution in [0, 0.1) is 13.8 Å². The summed E-state index contributed by atoms with van der Waals surface area (Å²) in [5.74, 6) is -0.272. The number of hydrogen-bond acceptors (Lipinski definition) is 4. The fraction of sp³-hybridized carbons (Fsp3) is 0.158. The summed E-state index contributed by atoms with van der Waals surface area (Å²) >= 11 is 4.37. The number of carbonyl (C=O) groups is 2. The highest BCUT2D eigenvalue weighted by molar-refractivity contribution is 9.10. The van der Waals surface area contributed by atoms with Crippen molar-refractivity contribution in [1.82, 2.24) is 4.90 Å². The molecule has 2 aromatic rings. The summed E-state index contributed by atoms with van der Waals surface area (Å²) in [6, 6.07) is 13.6. The van der Waals surface area contributed by atoms with E-state index in [-0.39, 0.29) is 17.8 Å². The van der Waals surface area contributed by atoms with Crippen LogP contribution in [0.1, 0.15) is 16.7 Å². The van der Waals surface area contributed by atoms with Crippen molar-refractivity contribution >= 4 is 50.6 Å². The molecule has 6 heteroatoms. The molecule has 1 fully saturated rings. The van der Waals surface area contributed by atoms with Crippen molar-refractivity contribution in [2.45, 2.75) is 13.8 Å². The topological polar surface area (TPSA) is 49.4 Å². The molecule has 0 aromatic heterocycles. The van der Waals surface area contributed by atoms with Gasteiger partial charge in [0.1, 0.15) is 0 Å². The Bertz CT molecular complexity index is 879. The first-order chi connectivity index (χ1) is 11.9. The predicted octanol–water partition coefficient (Wildman–Crippen LogP) is 5.17. The van der Waals surface area contributed by atoms with E-state index in [1.54, 1.807) is 6.08 Å². The van der Waals surface area contributed by atoms with Gasteiger partial charge in [-0.25, -0.2) is 0 Å². The van der Waals surface area contributed by atoms with E-state index in [9.17, 15) is 9.59 Å². The van der Waals surface area contributed by atoms with Crippen LogP contribution in [0.25, 0.3) is 6.08 Å². The first-order valence-corrected chi connectivity index (χ1v) is 9.37. The smallest absolute Gasteiger partial charge is 0.295 e. The molecule has 2 aromatic carbocycles. The van der Waals surface area contributed by atoms with Gasteiger partial charge in [0.15, 0.2) is 0 Å². The molecule has 0 bridgehead atoms. The minimum Gasteiger partial charge on any atom is -0.367 e. The lowest BCUT2D eigenvalue weighted by atomic mass is 10.1. The maximum atomic E-state index is 12.5. The zero-order valence-electron chi connectivity index (χ0n) is 13.9. The summed E-state index contributed by atoms with van der Waals surface area (Å²) in [7, 11) is 0. The molecule has 0 unspecified atom stereocenters. The lowest BCUT2D eigenvalue weighted by Crippen LogP contribution is -2.33. The normalized spacial score (nSPS) is 16.0. The van der Waals surface area contributed by atoms with E-state index < -0.39 is 0 Å². The number of amides is 2. The van der Waals surface area contributed by atoms with Crippen molar-refractivity contribution in [1.29, 1.82) is 0 Å². The Morgan fingerprint density at radius 3 is 2.64 bits per heavy atom. The Kier molecular flexibility index (Phi) is 5.30. The first kappa shape index (κ1) is 17.8.